The minimum atomic E-state index is -0.134. The summed E-state index contributed by atoms with van der Waals surface area (Å²) >= 11 is 0. The summed E-state index contributed by atoms with van der Waals surface area (Å²) in [6.07, 6.45) is 0. The first-order chi connectivity index (χ1) is 38.2. The second-order valence-corrected chi connectivity index (χ2v) is 21.7. The highest BCUT2D eigenvalue weighted by molar-refractivity contribution is 6.34. The van der Waals surface area contributed by atoms with Crippen LogP contribution in [-0.4, -0.2) is 4.40 Å². The molecule has 4 aromatic heterocycles. The summed E-state index contributed by atoms with van der Waals surface area (Å²) in [5, 5.41) is 32.2. The Hall–Kier alpha value is -10.2. The van der Waals surface area contributed by atoms with Crippen molar-refractivity contribution in [3.05, 3.63) is 278 Å². The van der Waals surface area contributed by atoms with Crippen LogP contribution in [0.5, 0.6) is 0 Å². The molecule has 352 valence electrons. The van der Waals surface area contributed by atoms with Crippen molar-refractivity contribution in [1.29, 1.82) is 10.5 Å². The number of hydrogen-bond donors (Lipinski definition) is 0. The van der Waals surface area contributed by atoms with Gasteiger partial charge in [0.1, 0.15) is 22.3 Å². The second kappa shape index (κ2) is 13.9. The van der Waals surface area contributed by atoms with Gasteiger partial charge in [-0.1, -0.05) is 158 Å². The Morgan fingerprint density at radius 3 is 1.03 bits per heavy atom. The molecule has 77 heavy (non-hydrogen) atoms. The van der Waals surface area contributed by atoms with Crippen LogP contribution in [0.15, 0.2) is 209 Å². The lowest BCUT2D eigenvalue weighted by molar-refractivity contribution is 0.668. The second-order valence-electron chi connectivity index (χ2n) is 21.7. The molecule has 0 fully saturated rings. The molecule has 4 heterocycles. The van der Waals surface area contributed by atoms with Gasteiger partial charge in [-0.15, -0.1) is 0 Å². The van der Waals surface area contributed by atoms with Crippen LogP contribution in [0.1, 0.15) is 102 Å². The summed E-state index contributed by atoms with van der Waals surface area (Å²) < 4.78 is 16.0. The maximum absolute atomic E-state index is 11.7. The SMILES string of the molecule is N#Cc1cc2c(c3c1C1c4ccccc4C3c3ccccc31)c1c(-c3cccc4oc5ccccc5c34)cc(-c3cccc4oc5ccccc5c34)c3c4c5c(c(C#N)cc4n2c13)C1c2ccccc2C5c2ccccc21. The van der Waals surface area contributed by atoms with Crippen molar-refractivity contribution in [2.45, 2.75) is 23.7 Å². The normalized spacial score (nSPS) is 17.3. The Morgan fingerprint density at radius 2 is 0.649 bits per heavy atom. The summed E-state index contributed by atoms with van der Waals surface area (Å²) in [4.78, 5) is 0. The Labute approximate surface area is 439 Å². The molecule has 0 radical (unpaired) electrons. The molecular formula is C72H37N3O2. The van der Waals surface area contributed by atoms with E-state index in [2.05, 4.69) is 205 Å². The van der Waals surface area contributed by atoms with Gasteiger partial charge < -0.3 is 13.2 Å². The van der Waals surface area contributed by atoms with Gasteiger partial charge in [0.05, 0.1) is 39.8 Å². The van der Waals surface area contributed by atoms with E-state index in [1.807, 2.05) is 12.1 Å². The van der Waals surface area contributed by atoms with Crippen LogP contribution >= 0.6 is 0 Å². The average Bonchev–Trinajstić information content (AvgIpc) is 4.30. The topological polar surface area (TPSA) is 78.3 Å². The number of furan rings is 2. The third kappa shape index (κ3) is 4.66. The zero-order valence-corrected chi connectivity index (χ0v) is 41.0. The summed E-state index contributed by atoms with van der Waals surface area (Å²) in [5.41, 5.74) is 26.8. The largest absolute Gasteiger partial charge is 0.456 e. The molecule has 0 spiro atoms. The van der Waals surface area contributed by atoms with E-state index in [0.717, 1.165) is 115 Å². The van der Waals surface area contributed by atoms with Crippen LogP contribution in [0.2, 0.25) is 0 Å². The summed E-state index contributed by atoms with van der Waals surface area (Å²) in [6, 6.07) is 78.0. The molecule has 15 aromatic rings. The van der Waals surface area contributed by atoms with E-state index < -0.39 is 0 Å². The first-order valence-electron chi connectivity index (χ1n) is 26.6. The number of hydrogen-bond acceptors (Lipinski definition) is 4. The van der Waals surface area contributed by atoms with Crippen LogP contribution in [-0.2, 0) is 0 Å². The summed E-state index contributed by atoms with van der Waals surface area (Å²) in [5.74, 6) is -0.520. The van der Waals surface area contributed by atoms with Crippen LogP contribution in [0, 0.1) is 22.7 Å². The lowest BCUT2D eigenvalue weighted by Crippen LogP contribution is -2.28. The van der Waals surface area contributed by atoms with E-state index in [4.69, 9.17) is 8.83 Å². The van der Waals surface area contributed by atoms with Crippen LogP contribution in [0.4, 0.5) is 0 Å². The molecule has 11 aromatic carbocycles. The maximum Gasteiger partial charge on any atom is 0.136 e. The van der Waals surface area contributed by atoms with Gasteiger partial charge in [-0.2, -0.15) is 10.5 Å². The maximum atomic E-state index is 11.7. The minimum Gasteiger partial charge on any atom is -0.456 e. The van der Waals surface area contributed by atoms with Gasteiger partial charge in [-0.25, -0.2) is 0 Å². The number of nitrogens with zero attached hydrogens (tertiary/aromatic N) is 3. The lowest BCUT2D eigenvalue weighted by atomic mass is 9.59. The standard InChI is InChI=1S/C72H37N3O2/c73-34-36-31-52-68(70-58(36)62-38-15-1-5-19-42(38)64(70)43-20-6-2-16-39(43)62)66-50(46-25-13-29-56-60(46)48-23-9-11-27-54(48)76-56)33-51(47-26-14-30-57-61(47)49-24-10-12-28-55(49)77-57)67-69-53(75(52)72(66)67)32-37(35-74)59-63-40-17-3-7-21-44(40)65(71(59)69)45-22-8-4-18-41(45)63/h1-33,62-65H. The molecule has 0 unspecified atom stereocenters. The number of nitriles is 2. The van der Waals surface area contributed by atoms with E-state index in [1.165, 1.54) is 55.6 Å². The molecule has 4 bridgehead atoms. The molecule has 6 aliphatic carbocycles. The van der Waals surface area contributed by atoms with E-state index in [-0.39, 0.29) is 23.7 Å². The van der Waals surface area contributed by atoms with E-state index in [9.17, 15) is 10.5 Å². The minimum absolute atomic E-state index is 0.126. The Kier molecular flexibility index (Phi) is 7.28. The fourth-order valence-electron chi connectivity index (χ4n) is 15.9. The van der Waals surface area contributed by atoms with E-state index in [1.54, 1.807) is 0 Å². The number of para-hydroxylation sites is 2. The molecule has 0 atom stereocenters. The molecule has 0 saturated carbocycles. The highest BCUT2D eigenvalue weighted by Gasteiger charge is 2.47. The number of benzene rings is 11. The van der Waals surface area contributed by atoms with Crippen molar-refractivity contribution >= 4 is 82.0 Å². The van der Waals surface area contributed by atoms with Crippen molar-refractivity contribution in [1.82, 2.24) is 4.40 Å². The third-order valence-electron chi connectivity index (χ3n) is 18.5. The molecule has 0 aliphatic heterocycles. The predicted octanol–water partition coefficient (Wildman–Crippen LogP) is 17.7. The van der Waals surface area contributed by atoms with Gasteiger partial charge in [0.15, 0.2) is 0 Å². The van der Waals surface area contributed by atoms with Gasteiger partial charge >= 0.3 is 0 Å². The first-order valence-corrected chi connectivity index (χ1v) is 26.6. The molecule has 0 amide bonds. The highest BCUT2D eigenvalue weighted by atomic mass is 16.3. The smallest absolute Gasteiger partial charge is 0.136 e. The van der Waals surface area contributed by atoms with Gasteiger partial charge in [0.25, 0.3) is 0 Å². The molecule has 0 N–H and O–H groups in total. The Balaban J connectivity index is 1.10. The van der Waals surface area contributed by atoms with Gasteiger partial charge in [0.2, 0.25) is 0 Å². The monoisotopic (exact) mass is 975 g/mol. The van der Waals surface area contributed by atoms with Crippen LogP contribution < -0.4 is 0 Å². The van der Waals surface area contributed by atoms with Crippen molar-refractivity contribution < 1.29 is 8.83 Å². The van der Waals surface area contributed by atoms with Gasteiger partial charge in [0, 0.05) is 66.8 Å². The number of rotatable bonds is 2. The molecule has 5 nitrogen and oxygen atoms in total. The molecule has 0 saturated heterocycles. The van der Waals surface area contributed by atoms with Gasteiger partial charge in [-0.05, 0) is 131 Å². The summed E-state index contributed by atoms with van der Waals surface area (Å²) in [6.45, 7) is 0. The Morgan fingerprint density at radius 1 is 0.312 bits per heavy atom. The fraction of sp³-hybridized carbons (Fsp3) is 0.0556. The predicted molar refractivity (Wildman–Crippen MR) is 306 cm³/mol. The number of aromatic nitrogens is 1. The zero-order valence-electron chi connectivity index (χ0n) is 41.0. The van der Waals surface area contributed by atoms with Gasteiger partial charge in [-0.3, -0.25) is 0 Å². The average molecular weight is 976 g/mol. The van der Waals surface area contributed by atoms with Crippen LogP contribution in [0.25, 0.3) is 104 Å². The highest BCUT2D eigenvalue weighted by Crippen LogP contribution is 2.64. The van der Waals surface area contributed by atoms with Crippen molar-refractivity contribution in [2.24, 2.45) is 0 Å². The quantitative estimate of drug-likeness (QED) is 0.173. The third-order valence-corrected chi connectivity index (χ3v) is 18.5. The number of fused-ring (bicyclic) bond motifs is 12. The van der Waals surface area contributed by atoms with Crippen molar-refractivity contribution in [3.63, 3.8) is 0 Å². The first kappa shape index (κ1) is 40.2. The fourth-order valence-corrected chi connectivity index (χ4v) is 15.9. The van der Waals surface area contributed by atoms with Crippen molar-refractivity contribution in [2.75, 3.05) is 0 Å². The van der Waals surface area contributed by atoms with E-state index >= 15 is 0 Å². The molecule has 21 rings (SSSR count). The Bertz CT molecular complexity index is 4940. The van der Waals surface area contributed by atoms with Crippen LogP contribution in [0.3, 0.4) is 0 Å². The van der Waals surface area contributed by atoms with E-state index in [0.29, 0.717) is 11.1 Å². The lowest BCUT2D eigenvalue weighted by Gasteiger charge is -2.43. The zero-order chi connectivity index (χ0) is 50.1. The molecular weight excluding hydrogens is 939 g/mol. The van der Waals surface area contributed by atoms with Crippen molar-refractivity contribution in [3.8, 4) is 34.4 Å². The molecule has 5 heteroatoms. The molecule has 6 aliphatic rings. The summed E-state index contributed by atoms with van der Waals surface area (Å²) in [7, 11) is 0.